The number of nitrogens with one attached hydrogen (secondary N) is 3. The second-order valence-electron chi connectivity index (χ2n) is 15.5. The highest BCUT2D eigenvalue weighted by Gasteiger charge is 2.62. The van der Waals surface area contributed by atoms with Crippen LogP contribution < -0.4 is 24.8 Å². The third-order valence-corrected chi connectivity index (χ3v) is 11.9. The molecule has 1 aliphatic heterocycles. The van der Waals surface area contributed by atoms with E-state index in [-0.39, 0.29) is 31.9 Å². The summed E-state index contributed by atoms with van der Waals surface area (Å²) in [4.78, 5) is 61.6. The summed E-state index contributed by atoms with van der Waals surface area (Å²) in [6, 6.07) is 13.9. The highest BCUT2D eigenvalue weighted by atomic mass is 32.2. The quantitative estimate of drug-likeness (QED) is 0.190. The van der Waals surface area contributed by atoms with E-state index in [1.54, 1.807) is 59.2 Å². The second kappa shape index (κ2) is 16.1. The van der Waals surface area contributed by atoms with Crippen LogP contribution in [0.15, 0.2) is 73.4 Å². The number of hydrogen-bond donors (Lipinski definition) is 3. The van der Waals surface area contributed by atoms with Crippen molar-refractivity contribution in [2.24, 2.45) is 5.92 Å². The van der Waals surface area contributed by atoms with Crippen molar-refractivity contribution in [1.29, 1.82) is 0 Å². The van der Waals surface area contributed by atoms with Gasteiger partial charge in [-0.05, 0) is 82.2 Å². The van der Waals surface area contributed by atoms with Gasteiger partial charge in [-0.1, -0.05) is 36.4 Å². The van der Waals surface area contributed by atoms with E-state index < -0.39 is 80.4 Å². The lowest BCUT2D eigenvalue weighted by atomic mass is 10.1. The lowest BCUT2D eigenvalue weighted by Gasteiger charge is -2.32. The molecule has 3 N–H and O–H groups in total. The van der Waals surface area contributed by atoms with Crippen molar-refractivity contribution >= 4 is 44.6 Å². The van der Waals surface area contributed by atoms with Crippen molar-refractivity contribution in [1.82, 2.24) is 25.2 Å². The summed E-state index contributed by atoms with van der Waals surface area (Å²) in [5.74, 6) is -1.89. The monoisotopic (exact) mass is 791 g/mol. The molecule has 2 saturated carbocycles. The summed E-state index contributed by atoms with van der Waals surface area (Å²) in [5.41, 5.74) is -1.64. The summed E-state index contributed by atoms with van der Waals surface area (Å²) in [7, 11) is -2.37. The van der Waals surface area contributed by atoms with Crippen LogP contribution in [0, 0.1) is 5.92 Å². The van der Waals surface area contributed by atoms with E-state index in [1.165, 1.54) is 11.0 Å². The first kappa shape index (κ1) is 40.4. The SMILES string of the molecule is C=C[C@@H]1C[C@]1(NC(=O)[C@@H]1C[C@@H](Oc2nccc3cc(OC)ccc23)CN1C(=O)C(NC(=O)OC(C)(C)C)[C@@H](C)OCc1ccccc1)C(=O)NS(=O)(=O)C1CC1. The molecule has 3 aromatic rings. The molecular formula is C40H49N5O10S. The van der Waals surface area contributed by atoms with E-state index >= 15 is 0 Å². The molecular weight excluding hydrogens is 743 g/mol. The van der Waals surface area contributed by atoms with Crippen LogP contribution in [-0.2, 0) is 40.5 Å². The van der Waals surface area contributed by atoms with Crippen LogP contribution in [-0.4, -0.2) is 96.5 Å². The maximum atomic E-state index is 14.7. The number of fused-ring (bicyclic) bond motifs is 1. The Morgan fingerprint density at radius 3 is 2.46 bits per heavy atom. The van der Waals surface area contributed by atoms with Gasteiger partial charge in [0.1, 0.15) is 35.1 Å². The molecule has 0 bridgehead atoms. The zero-order valence-corrected chi connectivity index (χ0v) is 33.0. The summed E-state index contributed by atoms with van der Waals surface area (Å²) < 4.78 is 51.1. The van der Waals surface area contributed by atoms with Crippen LogP contribution in [0.4, 0.5) is 4.79 Å². The highest BCUT2D eigenvalue weighted by molar-refractivity contribution is 7.91. The summed E-state index contributed by atoms with van der Waals surface area (Å²) in [5, 5.41) is 6.25. The van der Waals surface area contributed by atoms with Crippen LogP contribution in [0.25, 0.3) is 10.8 Å². The highest BCUT2D eigenvalue weighted by Crippen LogP contribution is 2.45. The van der Waals surface area contributed by atoms with Gasteiger partial charge in [-0.25, -0.2) is 18.2 Å². The van der Waals surface area contributed by atoms with Crippen molar-refractivity contribution in [3.8, 4) is 11.6 Å². The molecule has 4 amide bonds. The Balaban J connectivity index is 1.30. The number of likely N-dealkylation sites (tertiary alicyclic amines) is 1. The van der Waals surface area contributed by atoms with Gasteiger partial charge in [-0.2, -0.15) is 0 Å². The Morgan fingerprint density at radius 2 is 1.82 bits per heavy atom. The number of pyridine rings is 1. The summed E-state index contributed by atoms with van der Waals surface area (Å²) in [6.45, 7) is 10.5. The average molecular weight is 792 g/mol. The van der Waals surface area contributed by atoms with E-state index in [2.05, 4.69) is 26.9 Å². The van der Waals surface area contributed by atoms with Gasteiger partial charge in [-0.15, -0.1) is 6.58 Å². The maximum Gasteiger partial charge on any atom is 0.408 e. The van der Waals surface area contributed by atoms with Gasteiger partial charge < -0.3 is 34.5 Å². The molecule has 0 spiro atoms. The van der Waals surface area contributed by atoms with Crippen molar-refractivity contribution < 1.29 is 46.5 Å². The molecule has 1 saturated heterocycles. The van der Waals surface area contributed by atoms with Crippen LogP contribution in [0.1, 0.15) is 58.9 Å². The second-order valence-corrected chi connectivity index (χ2v) is 17.5. The number of amides is 4. The fraction of sp³-hybridized carbons (Fsp3) is 0.475. The smallest absolute Gasteiger partial charge is 0.408 e. The number of nitrogens with zero attached hydrogens (tertiary/aromatic N) is 2. The van der Waals surface area contributed by atoms with Crippen molar-refractivity contribution in [3.05, 3.63) is 79.0 Å². The lowest BCUT2D eigenvalue weighted by molar-refractivity contribution is -0.144. The molecule has 6 atom stereocenters. The first-order valence-corrected chi connectivity index (χ1v) is 20.1. The Kier molecular flexibility index (Phi) is 11.6. The first-order valence-electron chi connectivity index (χ1n) is 18.6. The molecule has 2 aliphatic carbocycles. The molecule has 300 valence electrons. The first-order chi connectivity index (χ1) is 26.5. The minimum Gasteiger partial charge on any atom is -0.497 e. The van der Waals surface area contributed by atoms with Gasteiger partial charge in [0.25, 0.3) is 5.91 Å². The van der Waals surface area contributed by atoms with Crippen LogP contribution in [0.2, 0.25) is 0 Å². The normalized spacial score (nSPS) is 23.0. The largest absolute Gasteiger partial charge is 0.497 e. The Labute approximate surface area is 326 Å². The van der Waals surface area contributed by atoms with E-state index in [4.69, 9.17) is 18.9 Å². The average Bonchev–Trinajstić information content (AvgIpc) is 4.09. The fourth-order valence-corrected chi connectivity index (χ4v) is 8.16. The molecule has 1 aromatic heterocycles. The minimum absolute atomic E-state index is 0.0268. The number of alkyl carbamates (subject to hydrolysis) is 1. The van der Waals surface area contributed by atoms with Crippen molar-refractivity contribution in [2.75, 3.05) is 13.7 Å². The molecule has 2 aromatic carbocycles. The molecule has 3 aliphatic rings. The molecule has 16 heteroatoms. The Bertz CT molecular complexity index is 2090. The number of sulfonamides is 1. The predicted octanol–water partition coefficient (Wildman–Crippen LogP) is 3.76. The maximum absolute atomic E-state index is 14.7. The van der Waals surface area contributed by atoms with Crippen LogP contribution in [0.5, 0.6) is 11.6 Å². The summed E-state index contributed by atoms with van der Waals surface area (Å²) in [6.07, 6.45) is 1.49. The van der Waals surface area contributed by atoms with Gasteiger partial charge in [0.05, 0.1) is 31.6 Å². The van der Waals surface area contributed by atoms with Crippen LogP contribution >= 0.6 is 0 Å². The fourth-order valence-electron chi connectivity index (χ4n) is 6.79. The molecule has 56 heavy (non-hydrogen) atoms. The number of methoxy groups -OCH3 is 1. The topological polar surface area (TPSA) is 192 Å². The van der Waals surface area contributed by atoms with E-state index in [0.29, 0.717) is 24.0 Å². The van der Waals surface area contributed by atoms with E-state index in [9.17, 15) is 27.6 Å². The van der Waals surface area contributed by atoms with Gasteiger partial charge in [0, 0.05) is 23.9 Å². The standard InChI is InChI=1S/C40H49N5O10S/c1-7-27-21-40(27,37(48)44-56(50,51)30-14-15-30)43-34(46)32-20-29(54-35-31-16-13-28(52-6)19-26(31)17-18-41-35)22-45(32)36(47)33(42-38(49)55-39(3,4)5)24(2)53-23-25-11-9-8-10-12-25/h7-13,16-19,24,27,29-30,32-33H,1,14-15,20-23H2,2-6H3,(H,42,49)(H,43,46)(H,44,48)/t24-,27-,29-,32+,33?,40-/m1/s1. The third kappa shape index (κ3) is 9.24. The number of benzene rings is 2. The summed E-state index contributed by atoms with van der Waals surface area (Å²) >= 11 is 0. The molecule has 15 nitrogen and oxygen atoms in total. The Hall–Kier alpha value is -5.22. The number of ether oxygens (including phenoxy) is 4. The molecule has 6 rings (SSSR count). The molecule has 0 radical (unpaired) electrons. The van der Waals surface area contributed by atoms with E-state index in [0.717, 1.165) is 10.9 Å². The van der Waals surface area contributed by atoms with Crippen LogP contribution in [0.3, 0.4) is 0 Å². The van der Waals surface area contributed by atoms with E-state index in [1.807, 2.05) is 36.4 Å². The van der Waals surface area contributed by atoms with Crippen molar-refractivity contribution in [3.63, 3.8) is 0 Å². The minimum atomic E-state index is -3.93. The number of rotatable bonds is 15. The van der Waals surface area contributed by atoms with Crippen molar-refractivity contribution in [2.45, 2.75) is 101 Å². The molecule has 3 fully saturated rings. The molecule has 1 unspecified atom stereocenters. The number of carbonyl (C=O) groups excluding carboxylic acids is 4. The zero-order valence-electron chi connectivity index (χ0n) is 32.1. The van der Waals surface area contributed by atoms with Gasteiger partial charge in [0.15, 0.2) is 0 Å². The third-order valence-electron chi connectivity index (χ3n) is 10.1. The lowest BCUT2D eigenvalue weighted by Crippen LogP contribution is -2.60. The number of hydrogen-bond acceptors (Lipinski definition) is 11. The van der Waals surface area contributed by atoms with Gasteiger partial charge in [-0.3, -0.25) is 19.1 Å². The Morgan fingerprint density at radius 1 is 1.09 bits per heavy atom. The van der Waals surface area contributed by atoms with Gasteiger partial charge >= 0.3 is 6.09 Å². The number of aromatic nitrogens is 1. The predicted molar refractivity (Wildman–Crippen MR) is 206 cm³/mol. The zero-order chi connectivity index (χ0) is 40.4. The molecule has 2 heterocycles. The van der Waals surface area contributed by atoms with Gasteiger partial charge in [0.2, 0.25) is 27.7 Å². The number of carbonyl (C=O) groups is 4.